The van der Waals surface area contributed by atoms with Crippen molar-refractivity contribution in [1.82, 2.24) is 10.2 Å². The summed E-state index contributed by atoms with van der Waals surface area (Å²) in [5.41, 5.74) is 3.57. The van der Waals surface area contributed by atoms with Gasteiger partial charge in [0, 0.05) is 12.0 Å². The Morgan fingerprint density at radius 3 is 2.73 bits per heavy atom. The lowest BCUT2D eigenvalue weighted by molar-refractivity contribution is 0.0920. The Kier molecular flexibility index (Phi) is 4.38. The Morgan fingerprint density at radius 2 is 2.00 bits per heavy atom. The minimum Gasteiger partial charge on any atom is -0.472 e. The highest BCUT2D eigenvalue weighted by Crippen LogP contribution is 2.51. The number of benzene rings is 1. The van der Waals surface area contributed by atoms with Gasteiger partial charge in [-0.15, -0.1) is 0 Å². The first-order chi connectivity index (χ1) is 14.7. The zero-order valence-corrected chi connectivity index (χ0v) is 17.4. The molecule has 3 aliphatic carbocycles. The van der Waals surface area contributed by atoms with Crippen LogP contribution in [-0.2, 0) is 5.41 Å². The molecule has 2 bridgehead atoms. The summed E-state index contributed by atoms with van der Waals surface area (Å²) in [5, 5.41) is 3.28. The van der Waals surface area contributed by atoms with Crippen molar-refractivity contribution in [1.29, 1.82) is 0 Å². The molecule has 1 saturated carbocycles. The number of furan rings is 1. The summed E-state index contributed by atoms with van der Waals surface area (Å²) in [6.45, 7) is 3.62. The van der Waals surface area contributed by atoms with E-state index in [1.54, 1.807) is 12.3 Å². The van der Waals surface area contributed by atoms with Gasteiger partial charge >= 0.3 is 0 Å². The summed E-state index contributed by atoms with van der Waals surface area (Å²) in [7, 11) is 0. The normalized spacial score (nSPS) is 31.3. The smallest absolute Gasteiger partial charge is 0.255 e. The van der Waals surface area contributed by atoms with E-state index in [0.717, 1.165) is 24.2 Å². The Labute approximate surface area is 178 Å². The fourth-order valence-electron chi connectivity index (χ4n) is 6.73. The summed E-state index contributed by atoms with van der Waals surface area (Å²) in [6.07, 6.45) is 14.2. The monoisotopic (exact) mass is 402 g/mol. The van der Waals surface area contributed by atoms with Gasteiger partial charge in [0.2, 0.25) is 0 Å². The second kappa shape index (κ2) is 7.12. The number of likely N-dealkylation sites (tertiary alicyclic amines) is 1. The fraction of sp³-hybridized carbons (Fsp3) is 0.500. The molecule has 2 fully saturated rings. The molecule has 0 unspecified atom stereocenters. The zero-order chi connectivity index (χ0) is 20.1. The van der Waals surface area contributed by atoms with E-state index in [-0.39, 0.29) is 17.4 Å². The highest BCUT2D eigenvalue weighted by molar-refractivity contribution is 5.94. The summed E-state index contributed by atoms with van der Waals surface area (Å²) in [4.78, 5) is 15.4. The predicted octanol–water partition coefficient (Wildman–Crippen LogP) is 4.70. The summed E-state index contributed by atoms with van der Waals surface area (Å²) < 4.78 is 5.09. The Morgan fingerprint density at radius 1 is 1.13 bits per heavy atom. The van der Waals surface area contributed by atoms with Crippen molar-refractivity contribution in [3.05, 3.63) is 71.7 Å². The van der Waals surface area contributed by atoms with Crippen molar-refractivity contribution in [3.63, 3.8) is 0 Å². The number of carbonyl (C=O) groups excluding carboxylic acids is 1. The number of allylic oxidation sites excluding steroid dienone is 2. The molecule has 1 aromatic heterocycles. The van der Waals surface area contributed by atoms with Crippen molar-refractivity contribution < 1.29 is 9.21 Å². The minimum absolute atomic E-state index is 0.0395. The van der Waals surface area contributed by atoms with Gasteiger partial charge < -0.3 is 14.6 Å². The highest BCUT2D eigenvalue weighted by atomic mass is 16.3. The van der Waals surface area contributed by atoms with Gasteiger partial charge in [-0.25, -0.2) is 0 Å². The summed E-state index contributed by atoms with van der Waals surface area (Å²) in [6, 6.07) is 10.6. The van der Waals surface area contributed by atoms with E-state index in [9.17, 15) is 4.79 Å². The number of rotatable bonds is 4. The average molecular weight is 403 g/mol. The largest absolute Gasteiger partial charge is 0.472 e. The van der Waals surface area contributed by atoms with Gasteiger partial charge in [-0.2, -0.15) is 0 Å². The lowest BCUT2D eigenvalue weighted by Crippen LogP contribution is -2.44. The molecule has 6 rings (SSSR count). The quantitative estimate of drug-likeness (QED) is 0.754. The minimum atomic E-state index is -0.0395. The molecule has 30 heavy (non-hydrogen) atoms. The zero-order valence-electron chi connectivity index (χ0n) is 17.4. The second-order valence-electron chi connectivity index (χ2n) is 9.95. The number of hydrogen-bond donors (Lipinski definition) is 1. The van der Waals surface area contributed by atoms with Crippen LogP contribution in [0.15, 0.2) is 59.4 Å². The topological polar surface area (TPSA) is 45.5 Å². The van der Waals surface area contributed by atoms with E-state index in [1.807, 2.05) is 0 Å². The molecule has 1 N–H and O–H groups in total. The molecule has 1 aliphatic heterocycles. The Hall–Kier alpha value is -2.33. The Balaban J connectivity index is 1.15. The predicted molar refractivity (Wildman–Crippen MR) is 116 cm³/mol. The van der Waals surface area contributed by atoms with Gasteiger partial charge in [0.1, 0.15) is 6.26 Å². The standard InChI is InChI=1S/C26H30N2O2/c29-25(20-7-12-30-17-20)27-24-15-26(23-4-2-1-3-22(23)24)8-10-28(11-9-26)16-21-14-18-5-6-19(21)13-18/h1-7,12,17-19,21,24H,8-11,13-16H2,(H,27,29)/t18-,19-,21-,24-/m0/s1. The van der Waals surface area contributed by atoms with Crippen molar-refractivity contribution in [2.24, 2.45) is 17.8 Å². The lowest BCUT2D eigenvalue weighted by atomic mass is 9.73. The molecule has 0 radical (unpaired) electrons. The van der Waals surface area contributed by atoms with Gasteiger partial charge in [0.15, 0.2) is 0 Å². The van der Waals surface area contributed by atoms with Crippen LogP contribution in [0.3, 0.4) is 0 Å². The average Bonchev–Trinajstić information content (AvgIpc) is 3.56. The second-order valence-corrected chi connectivity index (χ2v) is 9.95. The van der Waals surface area contributed by atoms with Crippen molar-refractivity contribution in [2.75, 3.05) is 19.6 Å². The molecule has 4 heteroatoms. The third-order valence-electron chi connectivity index (χ3n) is 8.31. The van der Waals surface area contributed by atoms with Crippen LogP contribution < -0.4 is 5.32 Å². The maximum Gasteiger partial charge on any atom is 0.255 e. The lowest BCUT2D eigenvalue weighted by Gasteiger charge is -2.41. The maximum atomic E-state index is 12.7. The first-order valence-corrected chi connectivity index (χ1v) is 11.5. The molecular formula is C26H30N2O2. The van der Waals surface area contributed by atoms with Crippen LogP contribution in [0.5, 0.6) is 0 Å². The van der Waals surface area contributed by atoms with Gasteiger partial charge in [0.25, 0.3) is 5.91 Å². The Bertz CT molecular complexity index is 955. The van der Waals surface area contributed by atoms with Crippen LogP contribution in [0.1, 0.15) is 59.6 Å². The third kappa shape index (κ3) is 3.04. The molecule has 4 nitrogen and oxygen atoms in total. The number of piperidine rings is 1. The van der Waals surface area contributed by atoms with Gasteiger partial charge in [-0.1, -0.05) is 36.4 Å². The summed E-state index contributed by atoms with van der Waals surface area (Å²) in [5.74, 6) is 2.52. The molecule has 4 aliphatic rings. The first kappa shape index (κ1) is 18.4. The number of carbonyl (C=O) groups is 1. The van der Waals surface area contributed by atoms with Crippen LogP contribution in [0.25, 0.3) is 0 Å². The van der Waals surface area contributed by atoms with Crippen LogP contribution >= 0.6 is 0 Å². The fourth-order valence-corrected chi connectivity index (χ4v) is 6.73. The molecule has 1 amide bonds. The third-order valence-corrected chi connectivity index (χ3v) is 8.31. The number of hydrogen-bond acceptors (Lipinski definition) is 3. The van der Waals surface area contributed by atoms with Crippen LogP contribution in [0.4, 0.5) is 0 Å². The maximum absolute atomic E-state index is 12.7. The van der Waals surface area contributed by atoms with E-state index in [0.29, 0.717) is 5.56 Å². The van der Waals surface area contributed by atoms with Gasteiger partial charge in [-0.3, -0.25) is 4.79 Å². The van der Waals surface area contributed by atoms with E-state index in [4.69, 9.17) is 4.42 Å². The number of nitrogens with one attached hydrogen (secondary N) is 1. The van der Waals surface area contributed by atoms with Gasteiger partial charge in [-0.05, 0) is 80.1 Å². The molecule has 2 aromatic rings. The number of amides is 1. The number of fused-ring (bicyclic) bond motifs is 4. The summed E-state index contributed by atoms with van der Waals surface area (Å²) >= 11 is 0. The highest BCUT2D eigenvalue weighted by Gasteiger charge is 2.46. The molecule has 1 spiro atoms. The van der Waals surface area contributed by atoms with E-state index in [1.165, 1.54) is 62.7 Å². The van der Waals surface area contributed by atoms with Gasteiger partial charge in [0.05, 0.1) is 17.9 Å². The molecule has 156 valence electrons. The first-order valence-electron chi connectivity index (χ1n) is 11.5. The van der Waals surface area contributed by atoms with E-state index in [2.05, 4.69) is 46.6 Å². The molecule has 1 aromatic carbocycles. The molecule has 4 atom stereocenters. The van der Waals surface area contributed by atoms with Crippen molar-refractivity contribution in [2.45, 2.75) is 43.6 Å². The van der Waals surface area contributed by atoms with Crippen LogP contribution in [0.2, 0.25) is 0 Å². The van der Waals surface area contributed by atoms with Crippen LogP contribution in [-0.4, -0.2) is 30.4 Å². The molecule has 1 saturated heterocycles. The number of nitrogens with zero attached hydrogens (tertiary/aromatic N) is 1. The van der Waals surface area contributed by atoms with Crippen molar-refractivity contribution in [3.8, 4) is 0 Å². The molecule has 2 heterocycles. The van der Waals surface area contributed by atoms with E-state index >= 15 is 0 Å². The van der Waals surface area contributed by atoms with Crippen LogP contribution in [0, 0.1) is 17.8 Å². The SMILES string of the molecule is O=C(N[C@H]1CC2(CCN(C[C@@H]3C[C@H]4C=C[C@H]3C4)CC2)c2ccccc21)c1ccoc1. The molecular weight excluding hydrogens is 372 g/mol. The van der Waals surface area contributed by atoms with E-state index < -0.39 is 0 Å². The van der Waals surface area contributed by atoms with Crippen molar-refractivity contribution >= 4 is 5.91 Å².